The molecule has 1 heterocycles. The molecule has 7 nitrogen and oxygen atoms in total. The molecule has 0 spiro atoms. The first kappa shape index (κ1) is 36.7. The van der Waals surface area contributed by atoms with Gasteiger partial charge < -0.3 is 28.6 Å². The second-order valence-corrected chi connectivity index (χ2v) is 14.0. The zero-order valence-corrected chi connectivity index (χ0v) is 29.9. The zero-order valence-electron chi connectivity index (χ0n) is 28.4. The summed E-state index contributed by atoms with van der Waals surface area (Å²) in [4.78, 5) is 15.1. The van der Waals surface area contributed by atoms with Crippen molar-refractivity contribution in [1.29, 1.82) is 0 Å². The van der Waals surface area contributed by atoms with Crippen LogP contribution in [0.15, 0.2) is 103 Å². The standard InChI is InChI=1S/C40H45Cl2NO6/c1-40(2,3)49-39(44)43-24-36(47-27-30-10-16-33(41)17-11-30)38(37(25-43)48-28-31-12-18-34(42)19-13-31)32-14-20-35(21-15-32)46-23-7-22-45-26-29-8-5-4-6-9-29/h4-6,8-21,36-38H,7,22-28H2,1-3H3/t36-,37+,38?. The summed E-state index contributed by atoms with van der Waals surface area (Å²) in [7, 11) is 0. The number of rotatable bonds is 14. The Labute approximate surface area is 300 Å². The van der Waals surface area contributed by atoms with Gasteiger partial charge in [-0.2, -0.15) is 0 Å². The van der Waals surface area contributed by atoms with E-state index in [4.69, 9.17) is 46.9 Å². The maximum absolute atomic E-state index is 13.4. The van der Waals surface area contributed by atoms with Crippen LogP contribution in [0.3, 0.4) is 0 Å². The molecular weight excluding hydrogens is 661 g/mol. The Morgan fingerprint density at radius 3 is 1.76 bits per heavy atom. The lowest BCUT2D eigenvalue weighted by Gasteiger charge is -2.43. The molecule has 1 unspecified atom stereocenters. The molecule has 1 amide bonds. The van der Waals surface area contributed by atoms with Crippen molar-refractivity contribution >= 4 is 29.3 Å². The molecule has 1 fully saturated rings. The summed E-state index contributed by atoms with van der Waals surface area (Å²) >= 11 is 12.3. The summed E-state index contributed by atoms with van der Waals surface area (Å²) in [5.41, 5.74) is 3.50. The minimum atomic E-state index is -0.642. The minimum absolute atomic E-state index is 0.182. The highest BCUT2D eigenvalue weighted by atomic mass is 35.5. The summed E-state index contributed by atoms with van der Waals surface area (Å²) in [5.74, 6) is 0.592. The molecule has 1 aliphatic rings. The van der Waals surface area contributed by atoms with Gasteiger partial charge in [0.15, 0.2) is 0 Å². The van der Waals surface area contributed by atoms with Crippen LogP contribution in [0.1, 0.15) is 55.4 Å². The van der Waals surface area contributed by atoms with Gasteiger partial charge in [-0.25, -0.2) is 4.79 Å². The van der Waals surface area contributed by atoms with E-state index in [-0.39, 0.29) is 18.1 Å². The van der Waals surface area contributed by atoms with Crippen LogP contribution < -0.4 is 4.74 Å². The smallest absolute Gasteiger partial charge is 0.410 e. The lowest BCUT2D eigenvalue weighted by molar-refractivity contribution is -0.100. The Morgan fingerprint density at radius 1 is 0.694 bits per heavy atom. The third-order valence-corrected chi connectivity index (χ3v) is 8.59. The fraction of sp³-hybridized carbons (Fsp3) is 0.375. The molecule has 0 aromatic heterocycles. The van der Waals surface area contributed by atoms with E-state index in [1.165, 1.54) is 0 Å². The van der Waals surface area contributed by atoms with E-state index in [9.17, 15) is 4.79 Å². The van der Waals surface area contributed by atoms with Crippen molar-refractivity contribution in [2.45, 2.75) is 70.7 Å². The molecule has 260 valence electrons. The van der Waals surface area contributed by atoms with E-state index in [0.29, 0.717) is 56.2 Å². The third-order valence-electron chi connectivity index (χ3n) is 8.09. The van der Waals surface area contributed by atoms with Gasteiger partial charge in [0, 0.05) is 22.4 Å². The Kier molecular flexibility index (Phi) is 13.4. The number of ether oxygens (including phenoxy) is 5. The van der Waals surface area contributed by atoms with Crippen molar-refractivity contribution < 1.29 is 28.5 Å². The Hall–Kier alpha value is -3.59. The molecule has 0 N–H and O–H groups in total. The summed E-state index contributed by atoms with van der Waals surface area (Å²) in [6.07, 6.45) is -0.400. The normalized spacial score (nSPS) is 17.9. The molecule has 49 heavy (non-hydrogen) atoms. The molecule has 0 aliphatic carbocycles. The highest BCUT2D eigenvalue weighted by Gasteiger charge is 2.42. The predicted molar refractivity (Wildman–Crippen MR) is 193 cm³/mol. The van der Waals surface area contributed by atoms with Crippen molar-refractivity contribution in [3.05, 3.63) is 135 Å². The molecule has 5 rings (SSSR count). The minimum Gasteiger partial charge on any atom is -0.494 e. The number of amides is 1. The van der Waals surface area contributed by atoms with Gasteiger partial charge in [-0.1, -0.05) is 89.9 Å². The van der Waals surface area contributed by atoms with Crippen LogP contribution in [0.25, 0.3) is 0 Å². The molecular formula is C40H45Cl2NO6. The fourth-order valence-corrected chi connectivity index (χ4v) is 5.91. The van der Waals surface area contributed by atoms with E-state index in [1.54, 1.807) is 4.90 Å². The van der Waals surface area contributed by atoms with E-state index in [0.717, 1.165) is 34.4 Å². The number of benzene rings is 4. The van der Waals surface area contributed by atoms with Crippen molar-refractivity contribution in [3.8, 4) is 5.75 Å². The Morgan fingerprint density at radius 2 is 1.22 bits per heavy atom. The average molecular weight is 707 g/mol. The molecule has 1 aliphatic heterocycles. The van der Waals surface area contributed by atoms with E-state index in [2.05, 4.69) is 24.3 Å². The fourth-order valence-electron chi connectivity index (χ4n) is 5.66. The first-order chi connectivity index (χ1) is 23.6. The van der Waals surface area contributed by atoms with Crippen LogP contribution in [0, 0.1) is 0 Å². The molecule has 0 radical (unpaired) electrons. The predicted octanol–water partition coefficient (Wildman–Crippen LogP) is 9.48. The second-order valence-electron chi connectivity index (χ2n) is 13.2. The van der Waals surface area contributed by atoms with Crippen molar-refractivity contribution in [3.63, 3.8) is 0 Å². The maximum Gasteiger partial charge on any atom is 0.410 e. The van der Waals surface area contributed by atoms with Gasteiger partial charge in [0.25, 0.3) is 0 Å². The maximum atomic E-state index is 13.4. The summed E-state index contributed by atoms with van der Waals surface area (Å²) in [6.45, 7) is 8.71. The van der Waals surface area contributed by atoms with E-state index < -0.39 is 11.7 Å². The number of hydrogen-bond acceptors (Lipinski definition) is 6. The number of likely N-dealkylation sites (tertiary alicyclic amines) is 1. The monoisotopic (exact) mass is 705 g/mol. The topological polar surface area (TPSA) is 66.5 Å². The number of halogens is 2. The van der Waals surface area contributed by atoms with Crippen LogP contribution in [0.4, 0.5) is 4.79 Å². The number of carbonyl (C=O) groups excluding carboxylic acids is 1. The lowest BCUT2D eigenvalue weighted by atomic mass is 9.84. The number of piperidine rings is 1. The Balaban J connectivity index is 1.30. The third kappa shape index (κ3) is 11.8. The number of hydrogen-bond donors (Lipinski definition) is 0. The molecule has 9 heteroatoms. The van der Waals surface area contributed by atoms with Gasteiger partial charge in [-0.3, -0.25) is 0 Å². The van der Waals surface area contributed by atoms with Crippen LogP contribution in [-0.2, 0) is 38.8 Å². The first-order valence-corrected chi connectivity index (χ1v) is 17.4. The van der Waals surface area contributed by atoms with Gasteiger partial charge in [0.1, 0.15) is 11.4 Å². The van der Waals surface area contributed by atoms with Crippen LogP contribution >= 0.6 is 23.2 Å². The van der Waals surface area contributed by atoms with Crippen LogP contribution in [0.2, 0.25) is 10.0 Å². The van der Waals surface area contributed by atoms with Gasteiger partial charge in [0.05, 0.1) is 58.3 Å². The molecule has 4 aromatic rings. The van der Waals surface area contributed by atoms with Crippen molar-refractivity contribution in [1.82, 2.24) is 4.90 Å². The molecule has 1 saturated heterocycles. The summed E-state index contributed by atoms with van der Waals surface area (Å²) in [5, 5.41) is 1.32. The van der Waals surface area contributed by atoms with E-state index >= 15 is 0 Å². The Bertz CT molecular complexity index is 1520. The quantitative estimate of drug-likeness (QED) is 0.122. The zero-order chi connectivity index (χ0) is 34.6. The van der Waals surface area contributed by atoms with Crippen molar-refractivity contribution in [2.24, 2.45) is 0 Å². The van der Waals surface area contributed by atoms with Gasteiger partial charge in [-0.15, -0.1) is 0 Å². The van der Waals surface area contributed by atoms with Gasteiger partial charge in [-0.05, 0) is 79.4 Å². The van der Waals surface area contributed by atoms with E-state index in [1.807, 2.05) is 99.6 Å². The van der Waals surface area contributed by atoms with Crippen LogP contribution in [-0.4, -0.2) is 55.1 Å². The molecule has 0 bridgehead atoms. The van der Waals surface area contributed by atoms with Gasteiger partial charge in [0.2, 0.25) is 0 Å². The summed E-state index contributed by atoms with van der Waals surface area (Å²) in [6, 6.07) is 33.4. The van der Waals surface area contributed by atoms with Crippen molar-refractivity contribution in [2.75, 3.05) is 26.3 Å². The highest BCUT2D eigenvalue weighted by molar-refractivity contribution is 6.30. The molecule has 3 atom stereocenters. The highest BCUT2D eigenvalue weighted by Crippen LogP contribution is 2.35. The molecule has 0 saturated carbocycles. The molecule has 4 aromatic carbocycles. The lowest BCUT2D eigenvalue weighted by Crippen LogP contribution is -2.55. The largest absolute Gasteiger partial charge is 0.494 e. The number of nitrogens with zero attached hydrogens (tertiary/aromatic N) is 1. The number of carbonyl (C=O) groups is 1. The SMILES string of the molecule is CC(C)(C)OC(=O)N1C[C@H](OCc2ccc(Cl)cc2)C(c2ccc(OCCCOCc3ccccc3)cc2)[C@H](OCc2ccc(Cl)cc2)C1. The first-order valence-electron chi connectivity index (χ1n) is 16.7. The summed E-state index contributed by atoms with van der Waals surface area (Å²) < 4.78 is 30.9. The second kappa shape index (κ2) is 17.9. The van der Waals surface area contributed by atoms with Crippen LogP contribution in [0.5, 0.6) is 5.75 Å². The van der Waals surface area contributed by atoms with Gasteiger partial charge >= 0.3 is 6.09 Å². The average Bonchev–Trinajstić information content (AvgIpc) is 3.09.